The summed E-state index contributed by atoms with van der Waals surface area (Å²) >= 11 is 0. The topological polar surface area (TPSA) is 40.8 Å². The molecule has 1 heterocycles. The van der Waals surface area contributed by atoms with Gasteiger partial charge in [0.15, 0.2) is 5.96 Å². The van der Waals surface area contributed by atoms with Crippen LogP contribution in [0.4, 0.5) is 4.39 Å². The van der Waals surface area contributed by atoms with Crippen LogP contribution in [0.15, 0.2) is 64.7 Å². The maximum atomic E-state index is 13.0. The van der Waals surface area contributed by atoms with Gasteiger partial charge < -0.3 is 14.6 Å². The zero-order chi connectivity index (χ0) is 16.5. The maximum Gasteiger partial charge on any atom is 0.194 e. The molecule has 0 radical (unpaired) electrons. The van der Waals surface area contributed by atoms with Gasteiger partial charge in [-0.05, 0) is 29.8 Å². The van der Waals surface area contributed by atoms with Crippen LogP contribution < -0.4 is 5.32 Å². The highest BCUT2D eigenvalue weighted by atomic mass is 19.1. The monoisotopic (exact) mass is 315 g/mol. The highest BCUT2D eigenvalue weighted by molar-refractivity contribution is 5.79. The summed E-state index contributed by atoms with van der Waals surface area (Å²) < 4.78 is 18.3. The van der Waals surface area contributed by atoms with E-state index in [4.69, 9.17) is 4.42 Å². The van der Waals surface area contributed by atoms with Gasteiger partial charge in [-0.15, -0.1) is 6.58 Å². The third-order valence-electron chi connectivity index (χ3n) is 3.30. The van der Waals surface area contributed by atoms with Crippen molar-refractivity contribution in [2.75, 3.05) is 20.1 Å². The smallest absolute Gasteiger partial charge is 0.194 e. The van der Waals surface area contributed by atoms with Crippen LogP contribution in [0.1, 0.15) is 11.3 Å². The van der Waals surface area contributed by atoms with Crippen LogP contribution in [0, 0.1) is 5.82 Å². The summed E-state index contributed by atoms with van der Waals surface area (Å²) in [5.41, 5.74) is 1.02. The predicted octanol–water partition coefficient (Wildman–Crippen LogP) is 3.22. The Hall–Kier alpha value is -2.56. The summed E-state index contributed by atoms with van der Waals surface area (Å²) in [5, 5.41) is 3.23. The van der Waals surface area contributed by atoms with Crippen molar-refractivity contribution in [1.29, 1.82) is 0 Å². The average Bonchev–Trinajstić information content (AvgIpc) is 3.06. The highest BCUT2D eigenvalue weighted by Gasteiger charge is 2.07. The maximum absolute atomic E-state index is 13.0. The number of aliphatic imine (C=N–C) groups is 1. The van der Waals surface area contributed by atoms with Crippen molar-refractivity contribution in [3.8, 4) is 0 Å². The Bertz CT molecular complexity index is 620. The zero-order valence-corrected chi connectivity index (χ0v) is 13.3. The lowest BCUT2D eigenvalue weighted by molar-refractivity contribution is 0.475. The van der Waals surface area contributed by atoms with E-state index in [1.54, 1.807) is 24.5 Å². The summed E-state index contributed by atoms with van der Waals surface area (Å²) in [6, 6.07) is 10.3. The summed E-state index contributed by atoms with van der Waals surface area (Å²) in [6.07, 6.45) is 4.20. The molecule has 1 aromatic carbocycles. The molecule has 23 heavy (non-hydrogen) atoms. The zero-order valence-electron chi connectivity index (χ0n) is 13.3. The van der Waals surface area contributed by atoms with E-state index in [0.29, 0.717) is 19.6 Å². The Balaban J connectivity index is 1.97. The Morgan fingerprint density at radius 1 is 1.35 bits per heavy atom. The minimum Gasteiger partial charge on any atom is -0.469 e. The first kappa shape index (κ1) is 16.8. The van der Waals surface area contributed by atoms with Crippen molar-refractivity contribution in [2.45, 2.75) is 13.0 Å². The minimum absolute atomic E-state index is 0.228. The van der Waals surface area contributed by atoms with Gasteiger partial charge in [0.25, 0.3) is 0 Å². The second-order valence-electron chi connectivity index (χ2n) is 5.19. The quantitative estimate of drug-likeness (QED) is 0.484. The molecule has 1 aromatic heterocycles. The highest BCUT2D eigenvalue weighted by Crippen LogP contribution is 2.06. The van der Waals surface area contributed by atoms with Gasteiger partial charge in [-0.2, -0.15) is 0 Å². The number of halogens is 1. The van der Waals surface area contributed by atoms with Gasteiger partial charge in [0.1, 0.15) is 11.6 Å². The molecule has 122 valence electrons. The third-order valence-corrected chi connectivity index (χ3v) is 3.30. The molecule has 5 heteroatoms. The summed E-state index contributed by atoms with van der Waals surface area (Å²) in [7, 11) is 1.95. The number of nitrogens with one attached hydrogen (secondary N) is 1. The van der Waals surface area contributed by atoms with Crippen LogP contribution in [0.5, 0.6) is 0 Å². The molecule has 0 amide bonds. The first-order valence-corrected chi connectivity index (χ1v) is 7.56. The second-order valence-corrected chi connectivity index (χ2v) is 5.19. The van der Waals surface area contributed by atoms with Crippen molar-refractivity contribution in [3.63, 3.8) is 0 Å². The van der Waals surface area contributed by atoms with Gasteiger partial charge in [-0.1, -0.05) is 18.2 Å². The van der Waals surface area contributed by atoms with Crippen LogP contribution in [0.3, 0.4) is 0 Å². The Labute approximate surface area is 136 Å². The number of benzene rings is 1. The molecule has 1 N–H and O–H groups in total. The number of hydrogen-bond acceptors (Lipinski definition) is 2. The number of nitrogens with zero attached hydrogens (tertiary/aromatic N) is 2. The van der Waals surface area contributed by atoms with Gasteiger partial charge in [0.2, 0.25) is 0 Å². The molecule has 2 aromatic rings. The number of furan rings is 1. The van der Waals surface area contributed by atoms with E-state index in [0.717, 1.165) is 23.7 Å². The first-order valence-electron chi connectivity index (χ1n) is 7.56. The van der Waals surface area contributed by atoms with E-state index in [1.807, 2.05) is 24.1 Å². The first-order chi connectivity index (χ1) is 11.2. The molecule has 0 bridgehead atoms. The molecule has 0 atom stereocenters. The van der Waals surface area contributed by atoms with Crippen molar-refractivity contribution < 1.29 is 8.81 Å². The van der Waals surface area contributed by atoms with Gasteiger partial charge in [0.05, 0.1) is 6.26 Å². The molecule has 2 rings (SSSR count). The standard InChI is InChI=1S/C18H22FN3O/c1-3-11-20-18(21-12-10-17-5-4-13-23-17)22(2)14-15-6-8-16(19)9-7-15/h3-9,13H,1,10-12,14H2,2H3,(H,20,21). The molecule has 0 aliphatic heterocycles. The lowest BCUT2D eigenvalue weighted by Crippen LogP contribution is -2.38. The molecule has 0 spiro atoms. The van der Waals surface area contributed by atoms with Gasteiger partial charge in [0, 0.05) is 33.1 Å². The Kier molecular flexibility index (Phi) is 6.41. The third kappa shape index (κ3) is 5.62. The summed E-state index contributed by atoms with van der Waals surface area (Å²) in [6.45, 7) is 5.61. The lowest BCUT2D eigenvalue weighted by atomic mass is 10.2. The van der Waals surface area contributed by atoms with Crippen LogP contribution >= 0.6 is 0 Å². The minimum atomic E-state index is -0.228. The fraction of sp³-hybridized carbons (Fsp3) is 0.278. The Morgan fingerprint density at radius 3 is 2.78 bits per heavy atom. The van der Waals surface area contributed by atoms with Crippen molar-refractivity contribution >= 4 is 5.96 Å². The summed E-state index contributed by atoms with van der Waals surface area (Å²) in [5.74, 6) is 1.47. The van der Waals surface area contributed by atoms with E-state index in [1.165, 1.54) is 12.1 Å². The van der Waals surface area contributed by atoms with Gasteiger partial charge >= 0.3 is 0 Å². The number of guanidine groups is 1. The Morgan fingerprint density at radius 2 is 2.13 bits per heavy atom. The van der Waals surface area contributed by atoms with E-state index in [-0.39, 0.29) is 5.82 Å². The second kappa shape index (κ2) is 8.78. The summed E-state index contributed by atoms with van der Waals surface area (Å²) in [4.78, 5) is 6.60. The van der Waals surface area contributed by atoms with Gasteiger partial charge in [-0.25, -0.2) is 4.39 Å². The predicted molar refractivity (Wildman–Crippen MR) is 90.8 cm³/mol. The average molecular weight is 315 g/mol. The van der Waals surface area contributed by atoms with Crippen LogP contribution in [0.2, 0.25) is 0 Å². The number of hydrogen-bond donors (Lipinski definition) is 1. The molecule has 0 fully saturated rings. The van der Waals surface area contributed by atoms with Crippen molar-refractivity contribution in [2.24, 2.45) is 4.99 Å². The molecule has 0 saturated carbocycles. The number of rotatable bonds is 7. The van der Waals surface area contributed by atoms with Crippen molar-refractivity contribution in [3.05, 3.63) is 72.5 Å². The van der Waals surface area contributed by atoms with E-state index in [9.17, 15) is 4.39 Å². The van der Waals surface area contributed by atoms with E-state index < -0.39 is 0 Å². The van der Waals surface area contributed by atoms with Gasteiger partial charge in [-0.3, -0.25) is 4.99 Å². The molecule has 0 aliphatic carbocycles. The molecular weight excluding hydrogens is 293 g/mol. The fourth-order valence-corrected chi connectivity index (χ4v) is 2.14. The van der Waals surface area contributed by atoms with Crippen LogP contribution in [-0.4, -0.2) is 31.0 Å². The SMILES string of the molecule is C=CCNC(=NCCc1ccco1)N(C)Cc1ccc(F)cc1. The van der Waals surface area contributed by atoms with Crippen LogP contribution in [0.25, 0.3) is 0 Å². The lowest BCUT2D eigenvalue weighted by Gasteiger charge is -2.22. The van der Waals surface area contributed by atoms with E-state index in [2.05, 4.69) is 16.9 Å². The molecule has 0 aliphatic rings. The molecule has 4 nitrogen and oxygen atoms in total. The van der Waals surface area contributed by atoms with Crippen molar-refractivity contribution in [1.82, 2.24) is 10.2 Å². The fourth-order valence-electron chi connectivity index (χ4n) is 2.14. The molecule has 0 saturated heterocycles. The van der Waals surface area contributed by atoms with E-state index >= 15 is 0 Å². The normalized spacial score (nSPS) is 11.3. The molecule has 0 unspecified atom stereocenters. The van der Waals surface area contributed by atoms with Crippen LogP contribution in [-0.2, 0) is 13.0 Å². The largest absolute Gasteiger partial charge is 0.469 e. The molecular formula is C18H22FN3O.